The van der Waals surface area contributed by atoms with Crippen LogP contribution in [0.2, 0.25) is 0 Å². The Morgan fingerprint density at radius 3 is 2.58 bits per heavy atom. The van der Waals surface area contributed by atoms with Crippen molar-refractivity contribution in [2.24, 2.45) is 0 Å². The van der Waals surface area contributed by atoms with E-state index in [9.17, 15) is 5.11 Å². The number of alkyl halides is 1. The van der Waals surface area contributed by atoms with Gasteiger partial charge < -0.3 is 9.84 Å². The van der Waals surface area contributed by atoms with Crippen LogP contribution in [0.3, 0.4) is 0 Å². The monoisotopic (exact) mass is 277 g/mol. The first-order valence-electron chi connectivity index (χ1n) is 6.05. The van der Waals surface area contributed by atoms with Gasteiger partial charge in [0.25, 0.3) is 0 Å². The number of halogens is 1. The van der Waals surface area contributed by atoms with E-state index in [4.69, 9.17) is 16.3 Å². The molecule has 0 fully saturated rings. The molecular formula is C15H16ClNO2. The molecule has 0 bridgehead atoms. The van der Waals surface area contributed by atoms with Crippen LogP contribution in [0.1, 0.15) is 17.7 Å². The smallest absolute Gasteiger partial charge is 0.143 e. The average molecular weight is 278 g/mol. The number of aliphatic hydroxyl groups is 1. The number of aromatic nitrogens is 1. The summed E-state index contributed by atoms with van der Waals surface area (Å²) in [6, 6.07) is 12.9. The van der Waals surface area contributed by atoms with E-state index in [2.05, 4.69) is 4.98 Å². The second kappa shape index (κ2) is 6.04. The van der Waals surface area contributed by atoms with Crippen molar-refractivity contribution in [1.82, 2.24) is 4.98 Å². The maximum absolute atomic E-state index is 11.0. The highest BCUT2D eigenvalue weighted by molar-refractivity contribution is 6.17. The molecule has 1 heterocycles. The lowest BCUT2D eigenvalue weighted by molar-refractivity contribution is 0.0697. The lowest BCUT2D eigenvalue weighted by Crippen LogP contribution is -2.29. The quantitative estimate of drug-likeness (QED) is 0.855. The molecule has 3 nitrogen and oxygen atoms in total. The van der Waals surface area contributed by atoms with Crippen molar-refractivity contribution in [3.8, 4) is 5.75 Å². The molecule has 0 aliphatic heterocycles. The van der Waals surface area contributed by atoms with E-state index < -0.39 is 5.60 Å². The van der Waals surface area contributed by atoms with Gasteiger partial charge in [0.05, 0.1) is 7.11 Å². The van der Waals surface area contributed by atoms with Gasteiger partial charge in [-0.2, -0.15) is 0 Å². The zero-order valence-corrected chi connectivity index (χ0v) is 11.5. The van der Waals surface area contributed by atoms with Gasteiger partial charge in [0.2, 0.25) is 0 Å². The van der Waals surface area contributed by atoms with Gasteiger partial charge in [0.15, 0.2) is 0 Å². The summed E-state index contributed by atoms with van der Waals surface area (Å²) in [5.74, 6) is 0.879. The zero-order chi connectivity index (χ0) is 13.7. The van der Waals surface area contributed by atoms with Crippen LogP contribution in [0.4, 0.5) is 0 Å². The molecule has 0 saturated heterocycles. The van der Waals surface area contributed by atoms with Gasteiger partial charge in [0.1, 0.15) is 17.0 Å². The highest BCUT2D eigenvalue weighted by Crippen LogP contribution is 2.36. The normalized spacial score (nSPS) is 13.8. The molecule has 1 N–H and O–H groups in total. The van der Waals surface area contributed by atoms with Gasteiger partial charge in [-0.3, -0.25) is 4.98 Å². The first-order chi connectivity index (χ1) is 9.22. The molecular weight excluding hydrogens is 262 g/mol. The van der Waals surface area contributed by atoms with Crippen molar-refractivity contribution in [1.29, 1.82) is 0 Å². The molecule has 0 amide bonds. The van der Waals surface area contributed by atoms with Gasteiger partial charge in [-0.05, 0) is 24.1 Å². The predicted molar refractivity (Wildman–Crippen MR) is 75.6 cm³/mol. The summed E-state index contributed by atoms with van der Waals surface area (Å²) < 4.78 is 5.29. The molecule has 0 spiro atoms. The van der Waals surface area contributed by atoms with Gasteiger partial charge >= 0.3 is 0 Å². The number of methoxy groups -OCH3 is 1. The lowest BCUT2D eigenvalue weighted by Gasteiger charge is -2.28. The van der Waals surface area contributed by atoms with Crippen molar-refractivity contribution < 1.29 is 9.84 Å². The number of benzene rings is 1. The van der Waals surface area contributed by atoms with E-state index in [0.717, 1.165) is 5.56 Å². The minimum Gasteiger partial charge on any atom is -0.495 e. The summed E-state index contributed by atoms with van der Waals surface area (Å²) in [4.78, 5) is 4.28. The van der Waals surface area contributed by atoms with E-state index in [-0.39, 0.29) is 0 Å². The first kappa shape index (κ1) is 13.8. The Bertz CT molecular complexity index is 533. The summed E-state index contributed by atoms with van der Waals surface area (Å²) in [5, 5.41) is 11.0. The highest BCUT2D eigenvalue weighted by atomic mass is 35.5. The van der Waals surface area contributed by atoms with Crippen LogP contribution in [-0.4, -0.2) is 23.1 Å². The standard InChI is InChI=1S/C15H16ClNO2/c1-19-13-8-5-11-17-14(13)15(18,9-10-16)12-6-3-2-4-7-12/h2-8,11,18H,9-10H2,1H3. The van der Waals surface area contributed by atoms with E-state index in [1.165, 1.54) is 0 Å². The Kier molecular flexibility index (Phi) is 4.40. The largest absolute Gasteiger partial charge is 0.495 e. The molecule has 2 rings (SSSR count). The van der Waals surface area contributed by atoms with E-state index in [1.54, 1.807) is 25.4 Å². The molecule has 1 unspecified atom stereocenters. The number of hydrogen-bond donors (Lipinski definition) is 1. The SMILES string of the molecule is COc1cccnc1C(O)(CCCl)c1ccccc1. The van der Waals surface area contributed by atoms with Crippen molar-refractivity contribution in [3.63, 3.8) is 0 Å². The number of nitrogens with zero attached hydrogens (tertiary/aromatic N) is 1. The third-order valence-corrected chi connectivity index (χ3v) is 3.28. The Labute approximate surface area is 117 Å². The molecule has 0 aliphatic carbocycles. The van der Waals surface area contributed by atoms with E-state index >= 15 is 0 Å². The number of hydrogen-bond acceptors (Lipinski definition) is 3. The Balaban J connectivity index is 2.56. The Hall–Kier alpha value is -1.58. The molecule has 1 aromatic carbocycles. The van der Waals surface area contributed by atoms with Crippen molar-refractivity contribution in [2.45, 2.75) is 12.0 Å². The molecule has 2 aromatic rings. The van der Waals surface area contributed by atoms with Gasteiger partial charge in [-0.25, -0.2) is 0 Å². The minimum absolute atomic E-state index is 0.325. The summed E-state index contributed by atoms with van der Waals surface area (Å²) in [6.07, 6.45) is 2.01. The first-order valence-corrected chi connectivity index (χ1v) is 6.59. The van der Waals surface area contributed by atoms with Crippen molar-refractivity contribution in [2.75, 3.05) is 13.0 Å². The summed E-state index contributed by atoms with van der Waals surface area (Å²) in [5.41, 5.74) is 0.00676. The second-order valence-electron chi connectivity index (χ2n) is 4.22. The topological polar surface area (TPSA) is 42.4 Å². The fourth-order valence-electron chi connectivity index (χ4n) is 2.12. The van der Waals surface area contributed by atoms with E-state index in [0.29, 0.717) is 23.7 Å². The van der Waals surface area contributed by atoms with Gasteiger partial charge in [0, 0.05) is 12.1 Å². The summed E-state index contributed by atoms with van der Waals surface area (Å²) in [6.45, 7) is 0. The van der Waals surface area contributed by atoms with Gasteiger partial charge in [-0.1, -0.05) is 30.3 Å². The Morgan fingerprint density at radius 2 is 1.95 bits per heavy atom. The molecule has 4 heteroatoms. The predicted octanol–water partition coefficient (Wildman–Crippen LogP) is 2.96. The molecule has 100 valence electrons. The third kappa shape index (κ3) is 2.72. The Morgan fingerprint density at radius 1 is 1.21 bits per heavy atom. The molecule has 1 atom stereocenters. The summed E-state index contributed by atoms with van der Waals surface area (Å²) >= 11 is 5.85. The highest BCUT2D eigenvalue weighted by Gasteiger charge is 2.35. The van der Waals surface area contributed by atoms with Crippen LogP contribution in [0.15, 0.2) is 48.7 Å². The lowest BCUT2D eigenvalue weighted by atomic mass is 9.87. The van der Waals surface area contributed by atoms with Gasteiger partial charge in [-0.15, -0.1) is 11.6 Å². The summed E-state index contributed by atoms with van der Waals surface area (Å²) in [7, 11) is 1.56. The van der Waals surface area contributed by atoms with Crippen LogP contribution in [0.5, 0.6) is 5.75 Å². The van der Waals surface area contributed by atoms with Crippen LogP contribution in [0.25, 0.3) is 0 Å². The van der Waals surface area contributed by atoms with Crippen molar-refractivity contribution in [3.05, 3.63) is 59.9 Å². The molecule has 0 aliphatic rings. The maximum Gasteiger partial charge on any atom is 0.143 e. The second-order valence-corrected chi connectivity index (χ2v) is 4.60. The fraction of sp³-hybridized carbons (Fsp3) is 0.267. The van der Waals surface area contributed by atoms with E-state index in [1.807, 2.05) is 30.3 Å². The van der Waals surface area contributed by atoms with Crippen LogP contribution in [-0.2, 0) is 5.60 Å². The van der Waals surface area contributed by atoms with Crippen molar-refractivity contribution >= 4 is 11.6 Å². The minimum atomic E-state index is -1.24. The maximum atomic E-state index is 11.0. The van der Waals surface area contributed by atoms with Crippen LogP contribution < -0.4 is 4.74 Å². The molecule has 19 heavy (non-hydrogen) atoms. The molecule has 1 aromatic heterocycles. The van der Waals surface area contributed by atoms with Crippen LogP contribution >= 0.6 is 11.6 Å². The van der Waals surface area contributed by atoms with Crippen LogP contribution in [0, 0.1) is 0 Å². The zero-order valence-electron chi connectivity index (χ0n) is 10.7. The number of pyridine rings is 1. The average Bonchev–Trinajstić information content (AvgIpc) is 2.48. The third-order valence-electron chi connectivity index (χ3n) is 3.09. The number of rotatable bonds is 5. The molecule has 0 saturated carbocycles. The fourth-order valence-corrected chi connectivity index (χ4v) is 2.39. The molecule has 0 radical (unpaired) electrons. The number of ether oxygens (including phenoxy) is 1.